The molecule has 0 spiro atoms. The molecule has 1 saturated carbocycles. The fourth-order valence-electron chi connectivity index (χ4n) is 0.977. The Labute approximate surface area is 77.4 Å². The molecule has 76 valence electrons. The van der Waals surface area contributed by atoms with Crippen LogP contribution < -0.4 is 0 Å². The zero-order chi connectivity index (χ0) is 10.2. The first-order valence-electron chi connectivity index (χ1n) is 4.07. The number of aliphatic carboxylic acids is 1. The van der Waals surface area contributed by atoms with Crippen molar-refractivity contribution in [2.75, 3.05) is 7.05 Å². The molecule has 0 amide bonds. The summed E-state index contributed by atoms with van der Waals surface area (Å²) in [7, 11) is -2.05. The summed E-state index contributed by atoms with van der Waals surface area (Å²) < 4.78 is 23.9. The van der Waals surface area contributed by atoms with Crippen LogP contribution in [0.5, 0.6) is 0 Å². The summed E-state index contributed by atoms with van der Waals surface area (Å²) in [6, 6.07) is -0.981. The molecular formula is C7H13NO4S. The van der Waals surface area contributed by atoms with Crippen molar-refractivity contribution < 1.29 is 18.3 Å². The maximum Gasteiger partial charge on any atom is 0.321 e. The third kappa shape index (κ3) is 2.00. The number of rotatable bonds is 4. The van der Waals surface area contributed by atoms with E-state index >= 15 is 0 Å². The molecule has 1 fully saturated rings. The quantitative estimate of drug-likeness (QED) is 0.697. The highest BCUT2D eigenvalue weighted by molar-refractivity contribution is 7.90. The molecule has 0 radical (unpaired) electrons. The van der Waals surface area contributed by atoms with E-state index in [1.54, 1.807) is 0 Å². The molecule has 1 aliphatic rings. The van der Waals surface area contributed by atoms with Crippen molar-refractivity contribution in [3.63, 3.8) is 0 Å². The third-order valence-corrected chi connectivity index (χ3v) is 4.68. The molecule has 0 heterocycles. The molecule has 1 N–H and O–H groups in total. The number of carboxylic acid groups (broad SMARTS) is 1. The number of carbonyl (C=O) groups is 1. The summed E-state index contributed by atoms with van der Waals surface area (Å²) >= 11 is 0. The molecule has 0 aromatic rings. The molecule has 0 saturated heterocycles. The van der Waals surface area contributed by atoms with Gasteiger partial charge in [0.1, 0.15) is 6.04 Å². The molecule has 0 bridgehead atoms. The van der Waals surface area contributed by atoms with Crippen LogP contribution in [0.15, 0.2) is 0 Å². The zero-order valence-electron chi connectivity index (χ0n) is 7.60. The molecule has 1 atom stereocenters. The van der Waals surface area contributed by atoms with E-state index in [0.717, 1.165) is 4.31 Å². The van der Waals surface area contributed by atoms with E-state index in [4.69, 9.17) is 5.11 Å². The van der Waals surface area contributed by atoms with Crippen molar-refractivity contribution in [2.45, 2.75) is 31.1 Å². The average molecular weight is 207 g/mol. The van der Waals surface area contributed by atoms with Crippen molar-refractivity contribution in [3.05, 3.63) is 0 Å². The monoisotopic (exact) mass is 207 g/mol. The summed E-state index contributed by atoms with van der Waals surface area (Å²) in [4.78, 5) is 10.5. The van der Waals surface area contributed by atoms with Gasteiger partial charge in [-0.05, 0) is 19.8 Å². The summed E-state index contributed by atoms with van der Waals surface area (Å²) in [5.74, 6) is -1.12. The van der Waals surface area contributed by atoms with Crippen LogP contribution in [0.1, 0.15) is 19.8 Å². The van der Waals surface area contributed by atoms with E-state index in [-0.39, 0.29) is 5.25 Å². The first-order valence-corrected chi connectivity index (χ1v) is 5.57. The minimum absolute atomic E-state index is 0.348. The average Bonchev–Trinajstić information content (AvgIpc) is 2.83. The largest absolute Gasteiger partial charge is 0.480 e. The van der Waals surface area contributed by atoms with Crippen LogP contribution in [-0.2, 0) is 14.8 Å². The van der Waals surface area contributed by atoms with E-state index in [9.17, 15) is 13.2 Å². The van der Waals surface area contributed by atoms with Crippen LogP contribution >= 0.6 is 0 Å². The van der Waals surface area contributed by atoms with Gasteiger partial charge in [0.25, 0.3) is 0 Å². The van der Waals surface area contributed by atoms with Gasteiger partial charge in [0.05, 0.1) is 5.25 Å². The molecule has 5 nitrogen and oxygen atoms in total. The van der Waals surface area contributed by atoms with Crippen LogP contribution in [0.3, 0.4) is 0 Å². The first kappa shape index (κ1) is 10.5. The van der Waals surface area contributed by atoms with Crippen LogP contribution in [0, 0.1) is 0 Å². The molecule has 6 heteroatoms. The second-order valence-electron chi connectivity index (χ2n) is 3.27. The minimum Gasteiger partial charge on any atom is -0.480 e. The van der Waals surface area contributed by atoms with E-state index in [1.807, 2.05) is 0 Å². The minimum atomic E-state index is -3.36. The maximum absolute atomic E-state index is 11.5. The number of hydrogen-bond acceptors (Lipinski definition) is 3. The smallest absolute Gasteiger partial charge is 0.321 e. The Morgan fingerprint density at radius 1 is 1.54 bits per heavy atom. The Kier molecular flexibility index (Phi) is 2.63. The molecule has 0 aliphatic heterocycles. The van der Waals surface area contributed by atoms with Crippen molar-refractivity contribution in [2.24, 2.45) is 0 Å². The van der Waals surface area contributed by atoms with Crippen LogP contribution in [0.25, 0.3) is 0 Å². The van der Waals surface area contributed by atoms with Crippen molar-refractivity contribution in [1.82, 2.24) is 4.31 Å². The molecule has 1 aliphatic carbocycles. The molecular weight excluding hydrogens is 194 g/mol. The maximum atomic E-state index is 11.5. The van der Waals surface area contributed by atoms with Crippen molar-refractivity contribution in [1.29, 1.82) is 0 Å². The number of nitrogens with zero attached hydrogens (tertiary/aromatic N) is 1. The van der Waals surface area contributed by atoms with Gasteiger partial charge in [0, 0.05) is 7.05 Å². The SMILES string of the molecule is CC(C(=O)O)N(C)S(=O)(=O)C1CC1. The van der Waals surface area contributed by atoms with Gasteiger partial charge < -0.3 is 5.11 Å². The zero-order valence-corrected chi connectivity index (χ0v) is 8.41. The van der Waals surface area contributed by atoms with Gasteiger partial charge >= 0.3 is 5.97 Å². The molecule has 1 rings (SSSR count). The third-order valence-electron chi connectivity index (χ3n) is 2.25. The summed E-state index contributed by atoms with van der Waals surface area (Å²) in [5.41, 5.74) is 0. The lowest BCUT2D eigenvalue weighted by atomic mass is 10.4. The lowest BCUT2D eigenvalue weighted by Crippen LogP contribution is -2.41. The predicted molar refractivity (Wildman–Crippen MR) is 46.8 cm³/mol. The Morgan fingerprint density at radius 3 is 2.31 bits per heavy atom. The molecule has 13 heavy (non-hydrogen) atoms. The number of hydrogen-bond donors (Lipinski definition) is 1. The predicted octanol–water partition coefficient (Wildman–Crippen LogP) is -0.116. The normalized spacial score (nSPS) is 20.2. The van der Waals surface area contributed by atoms with Crippen molar-refractivity contribution >= 4 is 16.0 Å². The molecule has 0 aromatic carbocycles. The van der Waals surface area contributed by atoms with Gasteiger partial charge in [-0.2, -0.15) is 4.31 Å². The van der Waals surface area contributed by atoms with Crippen LogP contribution in [0.2, 0.25) is 0 Å². The fraction of sp³-hybridized carbons (Fsp3) is 0.857. The van der Waals surface area contributed by atoms with Gasteiger partial charge in [0.2, 0.25) is 10.0 Å². The Bertz CT molecular complexity index is 306. The van der Waals surface area contributed by atoms with E-state index in [1.165, 1.54) is 14.0 Å². The number of carboxylic acids is 1. The lowest BCUT2D eigenvalue weighted by molar-refractivity contribution is -0.140. The van der Waals surface area contributed by atoms with Crippen molar-refractivity contribution in [3.8, 4) is 0 Å². The second kappa shape index (κ2) is 3.26. The van der Waals surface area contributed by atoms with E-state index < -0.39 is 22.0 Å². The second-order valence-corrected chi connectivity index (χ2v) is 5.55. The highest BCUT2D eigenvalue weighted by atomic mass is 32.2. The molecule has 0 aromatic heterocycles. The molecule has 1 unspecified atom stereocenters. The van der Waals surface area contributed by atoms with Gasteiger partial charge in [-0.1, -0.05) is 0 Å². The van der Waals surface area contributed by atoms with Gasteiger partial charge in [0.15, 0.2) is 0 Å². The Morgan fingerprint density at radius 2 is 2.00 bits per heavy atom. The number of sulfonamides is 1. The first-order chi connectivity index (χ1) is 5.87. The van der Waals surface area contributed by atoms with E-state index in [2.05, 4.69) is 0 Å². The number of likely N-dealkylation sites (N-methyl/N-ethyl adjacent to an activating group) is 1. The van der Waals surface area contributed by atoms with Gasteiger partial charge in [-0.3, -0.25) is 4.79 Å². The summed E-state index contributed by atoms with van der Waals surface area (Å²) in [6.07, 6.45) is 1.30. The van der Waals surface area contributed by atoms with Gasteiger partial charge in [-0.15, -0.1) is 0 Å². The summed E-state index contributed by atoms with van der Waals surface area (Å²) in [6.45, 7) is 1.36. The van der Waals surface area contributed by atoms with Crippen LogP contribution in [0.4, 0.5) is 0 Å². The van der Waals surface area contributed by atoms with Gasteiger partial charge in [-0.25, -0.2) is 8.42 Å². The summed E-state index contributed by atoms with van der Waals surface area (Å²) in [5, 5.41) is 8.26. The fourth-order valence-corrected chi connectivity index (χ4v) is 2.71. The Hall–Kier alpha value is -0.620. The Balaban J connectivity index is 2.76. The topological polar surface area (TPSA) is 74.7 Å². The highest BCUT2D eigenvalue weighted by Gasteiger charge is 2.41. The van der Waals surface area contributed by atoms with Crippen LogP contribution in [-0.4, -0.2) is 42.1 Å². The van der Waals surface area contributed by atoms with E-state index in [0.29, 0.717) is 12.8 Å². The lowest BCUT2D eigenvalue weighted by Gasteiger charge is -2.20. The highest BCUT2D eigenvalue weighted by Crippen LogP contribution is 2.31. The standard InChI is InChI=1S/C7H13NO4S/c1-5(7(9)10)8(2)13(11,12)6-3-4-6/h5-6H,3-4H2,1-2H3,(H,9,10).